The van der Waals surface area contributed by atoms with Gasteiger partial charge in [0.2, 0.25) is 5.91 Å². The highest BCUT2D eigenvalue weighted by atomic mass is 16.5. The molecule has 2 aromatic carbocycles. The Morgan fingerprint density at radius 1 is 1.05 bits per heavy atom. The zero-order valence-corrected chi connectivity index (χ0v) is 24.2. The third-order valence-corrected chi connectivity index (χ3v) is 8.18. The molecule has 0 bridgehead atoms. The SMILES string of the molecule is CCNC(=O)C1=NCC(c2cc(C(C)C)c(O)cc2O)=C1c1ccc2c(c1)CCN(C(=O)CCN1CCOCC1)C2. The number of aromatic hydroxyl groups is 2. The predicted molar refractivity (Wildman–Crippen MR) is 159 cm³/mol. The van der Waals surface area contributed by atoms with Crippen molar-refractivity contribution >= 4 is 28.7 Å². The molecule has 5 rings (SSSR count). The van der Waals surface area contributed by atoms with Crippen LogP contribution in [0.2, 0.25) is 0 Å². The van der Waals surface area contributed by atoms with Crippen molar-refractivity contribution in [3.63, 3.8) is 0 Å². The average Bonchev–Trinajstić information content (AvgIpc) is 3.41. The predicted octanol–water partition coefficient (Wildman–Crippen LogP) is 3.33. The number of rotatable bonds is 8. The molecule has 1 fully saturated rings. The van der Waals surface area contributed by atoms with E-state index in [1.807, 2.05) is 37.8 Å². The molecule has 1 saturated heterocycles. The number of nitrogens with zero attached hydrogens (tertiary/aromatic N) is 3. The van der Waals surface area contributed by atoms with E-state index >= 15 is 0 Å². The van der Waals surface area contributed by atoms with Crippen molar-refractivity contribution in [2.45, 2.75) is 46.1 Å². The Labute approximate surface area is 241 Å². The van der Waals surface area contributed by atoms with Gasteiger partial charge in [0.25, 0.3) is 5.91 Å². The number of ether oxygens (including phenoxy) is 1. The van der Waals surface area contributed by atoms with Crippen molar-refractivity contribution < 1.29 is 24.5 Å². The molecule has 3 heterocycles. The number of hydrogen-bond donors (Lipinski definition) is 3. The fraction of sp³-hybridized carbons (Fsp3) is 0.469. The molecule has 3 aliphatic heterocycles. The van der Waals surface area contributed by atoms with Crippen molar-refractivity contribution in [3.8, 4) is 11.5 Å². The summed E-state index contributed by atoms with van der Waals surface area (Å²) in [6.07, 6.45) is 1.23. The van der Waals surface area contributed by atoms with Gasteiger partial charge in [0.05, 0.1) is 19.8 Å². The van der Waals surface area contributed by atoms with Crippen LogP contribution in [0, 0.1) is 0 Å². The second-order valence-corrected chi connectivity index (χ2v) is 11.2. The Morgan fingerprint density at radius 3 is 2.56 bits per heavy atom. The molecule has 0 spiro atoms. The molecular weight excluding hydrogens is 520 g/mol. The van der Waals surface area contributed by atoms with Crippen molar-refractivity contribution in [1.29, 1.82) is 0 Å². The van der Waals surface area contributed by atoms with Crippen LogP contribution in [0.1, 0.15) is 60.9 Å². The number of phenols is 2. The first kappa shape index (κ1) is 28.8. The van der Waals surface area contributed by atoms with E-state index in [-0.39, 0.29) is 35.8 Å². The smallest absolute Gasteiger partial charge is 0.270 e. The van der Waals surface area contributed by atoms with Crippen LogP contribution in [-0.4, -0.2) is 90.0 Å². The molecule has 0 unspecified atom stereocenters. The van der Waals surface area contributed by atoms with Crippen molar-refractivity contribution in [2.24, 2.45) is 4.99 Å². The Morgan fingerprint density at radius 2 is 1.83 bits per heavy atom. The van der Waals surface area contributed by atoms with E-state index in [0.717, 1.165) is 67.1 Å². The summed E-state index contributed by atoms with van der Waals surface area (Å²) in [7, 11) is 0. The lowest BCUT2D eigenvalue weighted by Gasteiger charge is -2.31. The van der Waals surface area contributed by atoms with E-state index in [9.17, 15) is 19.8 Å². The number of nitrogens with one attached hydrogen (secondary N) is 1. The monoisotopic (exact) mass is 560 g/mol. The molecule has 0 atom stereocenters. The van der Waals surface area contributed by atoms with E-state index in [4.69, 9.17) is 4.74 Å². The van der Waals surface area contributed by atoms with Gasteiger partial charge in [-0.2, -0.15) is 0 Å². The third-order valence-electron chi connectivity index (χ3n) is 8.18. The Hall–Kier alpha value is -3.69. The minimum absolute atomic E-state index is 0.0454. The highest BCUT2D eigenvalue weighted by Crippen LogP contribution is 2.41. The summed E-state index contributed by atoms with van der Waals surface area (Å²) in [4.78, 5) is 34.9. The van der Waals surface area contributed by atoms with Crippen molar-refractivity contribution in [2.75, 3.05) is 52.5 Å². The number of carbonyl (C=O) groups excluding carboxylic acids is 2. The zero-order chi connectivity index (χ0) is 29.1. The van der Waals surface area contributed by atoms with E-state index in [2.05, 4.69) is 21.3 Å². The summed E-state index contributed by atoms with van der Waals surface area (Å²) >= 11 is 0. The number of carbonyl (C=O) groups is 2. The molecule has 3 N–H and O–H groups in total. The normalized spacial score (nSPS) is 17.6. The van der Waals surface area contributed by atoms with Crippen molar-refractivity contribution in [3.05, 3.63) is 58.1 Å². The van der Waals surface area contributed by atoms with Crippen LogP contribution in [0.5, 0.6) is 11.5 Å². The van der Waals surface area contributed by atoms with Crippen LogP contribution in [0.3, 0.4) is 0 Å². The van der Waals surface area contributed by atoms with Gasteiger partial charge < -0.3 is 25.2 Å². The average molecular weight is 561 g/mol. The molecule has 9 nitrogen and oxygen atoms in total. The van der Waals surface area contributed by atoms with Gasteiger partial charge in [-0.25, -0.2) is 0 Å². The number of morpholine rings is 1. The number of amides is 2. The minimum Gasteiger partial charge on any atom is -0.508 e. The van der Waals surface area contributed by atoms with E-state index in [1.165, 1.54) is 6.07 Å². The quantitative estimate of drug-likeness (QED) is 0.456. The van der Waals surface area contributed by atoms with Crippen LogP contribution >= 0.6 is 0 Å². The van der Waals surface area contributed by atoms with Crippen LogP contribution in [0.4, 0.5) is 0 Å². The van der Waals surface area contributed by atoms with Gasteiger partial charge in [-0.05, 0) is 53.2 Å². The number of aliphatic imine (C=N–C) groups is 1. The van der Waals surface area contributed by atoms with E-state index < -0.39 is 0 Å². The van der Waals surface area contributed by atoms with Gasteiger partial charge in [0, 0.05) is 62.9 Å². The van der Waals surface area contributed by atoms with Crippen LogP contribution < -0.4 is 5.32 Å². The second kappa shape index (κ2) is 12.4. The standard InChI is InChI=1S/C32H40N4O5/c1-4-33-32(40)31-30(26(18-34-31)25-16-24(20(2)3)27(37)17-28(25)38)22-5-6-23-19-36(10-7-21(23)15-22)29(39)8-9-35-11-13-41-14-12-35/h5-6,15-17,20,37-38H,4,7-14,18-19H2,1-3H3,(H,33,40). The fourth-order valence-electron chi connectivity index (χ4n) is 5.88. The highest BCUT2D eigenvalue weighted by Gasteiger charge is 2.30. The number of benzene rings is 2. The minimum atomic E-state index is -0.255. The summed E-state index contributed by atoms with van der Waals surface area (Å²) < 4.78 is 5.40. The van der Waals surface area contributed by atoms with Gasteiger partial charge in [-0.3, -0.25) is 19.5 Å². The van der Waals surface area contributed by atoms with Gasteiger partial charge in [-0.15, -0.1) is 0 Å². The lowest BCUT2D eigenvalue weighted by molar-refractivity contribution is -0.132. The largest absolute Gasteiger partial charge is 0.508 e. The number of phenolic OH excluding ortho intramolecular Hbond substituents is 2. The van der Waals surface area contributed by atoms with Gasteiger partial charge >= 0.3 is 0 Å². The summed E-state index contributed by atoms with van der Waals surface area (Å²) in [6.45, 7) is 11.7. The first-order valence-corrected chi connectivity index (χ1v) is 14.6. The van der Waals surface area contributed by atoms with Crippen LogP contribution in [0.15, 0.2) is 35.3 Å². The molecule has 2 aromatic rings. The molecule has 3 aliphatic rings. The lowest BCUT2D eigenvalue weighted by Crippen LogP contribution is -2.41. The van der Waals surface area contributed by atoms with Crippen LogP contribution in [0.25, 0.3) is 11.1 Å². The molecule has 2 amide bonds. The Kier molecular flexibility index (Phi) is 8.75. The zero-order valence-electron chi connectivity index (χ0n) is 24.2. The lowest BCUT2D eigenvalue weighted by atomic mass is 9.88. The van der Waals surface area contributed by atoms with Crippen molar-refractivity contribution in [1.82, 2.24) is 15.1 Å². The van der Waals surface area contributed by atoms with Crippen LogP contribution in [-0.2, 0) is 27.3 Å². The second-order valence-electron chi connectivity index (χ2n) is 11.2. The van der Waals surface area contributed by atoms with Gasteiger partial charge in [0.15, 0.2) is 0 Å². The molecule has 0 aliphatic carbocycles. The summed E-state index contributed by atoms with van der Waals surface area (Å²) in [5.41, 5.74) is 6.18. The summed E-state index contributed by atoms with van der Waals surface area (Å²) in [6, 6.07) is 9.30. The molecule has 9 heteroatoms. The Balaban J connectivity index is 1.43. The topological polar surface area (TPSA) is 115 Å². The summed E-state index contributed by atoms with van der Waals surface area (Å²) in [5, 5.41) is 24.1. The summed E-state index contributed by atoms with van der Waals surface area (Å²) in [5.74, 6) is -0.0390. The maximum atomic E-state index is 13.1. The Bertz CT molecular complexity index is 1390. The van der Waals surface area contributed by atoms with E-state index in [0.29, 0.717) is 42.9 Å². The first-order valence-electron chi connectivity index (χ1n) is 14.6. The van der Waals surface area contributed by atoms with E-state index in [1.54, 1.807) is 6.07 Å². The molecule has 0 aromatic heterocycles. The maximum Gasteiger partial charge on any atom is 0.270 e. The first-order chi connectivity index (χ1) is 19.8. The molecular formula is C32H40N4O5. The number of fused-ring (bicyclic) bond motifs is 1. The molecule has 0 saturated carbocycles. The molecule has 218 valence electrons. The molecule has 0 radical (unpaired) electrons. The highest BCUT2D eigenvalue weighted by molar-refractivity contribution is 6.59. The third kappa shape index (κ3) is 6.16. The molecule has 41 heavy (non-hydrogen) atoms. The maximum absolute atomic E-state index is 13.1. The van der Waals surface area contributed by atoms with Gasteiger partial charge in [-0.1, -0.05) is 32.0 Å². The fourth-order valence-corrected chi connectivity index (χ4v) is 5.88. The van der Waals surface area contributed by atoms with Gasteiger partial charge in [0.1, 0.15) is 17.2 Å². The number of hydrogen-bond acceptors (Lipinski definition) is 7.